The molecule has 0 amide bonds. The molecule has 3 heterocycles. The molecule has 0 unspecified atom stereocenters. The lowest BCUT2D eigenvalue weighted by atomic mass is 9.95. The molecule has 3 aromatic rings. The fourth-order valence-corrected chi connectivity index (χ4v) is 4.96. The summed E-state index contributed by atoms with van der Waals surface area (Å²) in [5.41, 5.74) is 4.29. The largest absolute Gasteiger partial charge is 0.461 e. The number of Topliss-reactive ketones (excluding diaryl/α,β-unsaturated/α-hetero) is 1. The summed E-state index contributed by atoms with van der Waals surface area (Å²) in [4.78, 5) is 39.6. The first-order valence-corrected chi connectivity index (χ1v) is 11.8. The average molecular weight is 475 g/mol. The summed E-state index contributed by atoms with van der Waals surface area (Å²) >= 11 is 1.18. The van der Waals surface area contributed by atoms with E-state index in [1.165, 1.54) is 25.3 Å². The number of thioether (sulfide) groups is 1. The highest BCUT2D eigenvalue weighted by Crippen LogP contribution is 2.35. The number of hydrogen-bond donors (Lipinski definition) is 2. The van der Waals surface area contributed by atoms with E-state index in [1.54, 1.807) is 12.3 Å². The van der Waals surface area contributed by atoms with E-state index >= 15 is 0 Å². The highest BCUT2D eigenvalue weighted by Gasteiger charge is 2.26. The third kappa shape index (κ3) is 4.81. The van der Waals surface area contributed by atoms with E-state index in [-0.39, 0.29) is 36.3 Å². The lowest BCUT2D eigenvalue weighted by Gasteiger charge is -2.25. The first-order valence-electron chi connectivity index (χ1n) is 10.8. The molecule has 0 saturated heterocycles. The molecule has 0 aliphatic heterocycles. The summed E-state index contributed by atoms with van der Waals surface area (Å²) < 4.78 is 13.7. The van der Waals surface area contributed by atoms with Gasteiger partial charge in [0.15, 0.2) is 16.7 Å². The molecule has 0 atom stereocenters. The van der Waals surface area contributed by atoms with Gasteiger partial charge in [-0.2, -0.15) is 0 Å². The molecular formula is C21H26N6O5S. The van der Waals surface area contributed by atoms with Gasteiger partial charge in [-0.05, 0) is 25.0 Å². The first kappa shape index (κ1) is 23.1. The monoisotopic (exact) mass is 474 g/mol. The van der Waals surface area contributed by atoms with E-state index < -0.39 is 17.0 Å². The maximum Gasteiger partial charge on any atom is 0.330 e. The zero-order valence-electron chi connectivity index (χ0n) is 18.3. The maximum atomic E-state index is 13.0. The molecule has 176 valence electrons. The van der Waals surface area contributed by atoms with Crippen molar-refractivity contribution in [3.63, 3.8) is 0 Å². The lowest BCUT2D eigenvalue weighted by molar-refractivity contribution is 0.102. The lowest BCUT2D eigenvalue weighted by Crippen LogP contribution is -2.37. The van der Waals surface area contributed by atoms with Gasteiger partial charge in [0, 0.05) is 13.2 Å². The fourth-order valence-electron chi connectivity index (χ4n) is 4.08. The minimum atomic E-state index is -0.804. The van der Waals surface area contributed by atoms with Gasteiger partial charge < -0.3 is 14.9 Å². The van der Waals surface area contributed by atoms with Crippen LogP contribution in [0.25, 0.3) is 11.6 Å². The number of hydrogen-bond acceptors (Lipinski definition) is 9. The van der Waals surface area contributed by atoms with Crippen molar-refractivity contribution in [2.75, 3.05) is 25.2 Å². The molecule has 1 aliphatic carbocycles. The predicted molar refractivity (Wildman–Crippen MR) is 123 cm³/mol. The maximum absolute atomic E-state index is 13.0. The number of aromatic amines is 1. The van der Waals surface area contributed by atoms with Gasteiger partial charge >= 0.3 is 5.69 Å². The van der Waals surface area contributed by atoms with Gasteiger partial charge in [0.25, 0.3) is 5.56 Å². The van der Waals surface area contributed by atoms with Gasteiger partial charge in [0.05, 0.1) is 25.2 Å². The topological polar surface area (TPSA) is 151 Å². The molecule has 0 spiro atoms. The molecule has 0 aromatic carbocycles. The number of furan rings is 1. The highest BCUT2D eigenvalue weighted by molar-refractivity contribution is 7.99. The van der Waals surface area contributed by atoms with E-state index in [0.29, 0.717) is 16.7 Å². The summed E-state index contributed by atoms with van der Waals surface area (Å²) in [7, 11) is 1.48. The Hall–Kier alpha value is -3.12. The summed E-state index contributed by atoms with van der Waals surface area (Å²) in [5.74, 6) is 0.474. The SMILES string of the molecule is COCCn1c(N)c(C(=O)CSc2nnc(-c3ccco3)n2C2CCCCC2)c(=O)[nH]c1=O. The van der Waals surface area contributed by atoms with Crippen LogP contribution in [-0.4, -0.2) is 49.6 Å². The molecule has 12 heteroatoms. The van der Waals surface area contributed by atoms with Crippen LogP contribution in [0.5, 0.6) is 0 Å². The zero-order chi connectivity index (χ0) is 23.4. The Labute approximate surface area is 193 Å². The summed E-state index contributed by atoms with van der Waals surface area (Å²) in [5, 5.41) is 9.19. The second-order valence-corrected chi connectivity index (χ2v) is 8.76. The van der Waals surface area contributed by atoms with Crippen molar-refractivity contribution < 1.29 is 13.9 Å². The third-order valence-electron chi connectivity index (χ3n) is 5.72. The third-order valence-corrected chi connectivity index (χ3v) is 6.66. The van der Waals surface area contributed by atoms with E-state index in [1.807, 2.05) is 10.6 Å². The molecule has 11 nitrogen and oxygen atoms in total. The highest BCUT2D eigenvalue weighted by atomic mass is 32.2. The number of ether oxygens (including phenoxy) is 1. The Balaban J connectivity index is 1.60. The number of H-pyrrole nitrogens is 1. The molecule has 33 heavy (non-hydrogen) atoms. The number of nitrogens with zero attached hydrogens (tertiary/aromatic N) is 4. The van der Waals surface area contributed by atoms with Crippen LogP contribution in [0.2, 0.25) is 0 Å². The standard InChI is InChI=1S/C21H26N6O5S/c1-31-11-9-26-17(22)16(19(29)23-20(26)30)14(28)12-33-21-25-24-18(15-8-5-10-32-15)27(21)13-6-3-2-4-7-13/h5,8,10,13H,2-4,6-7,9,11-12,22H2,1H3,(H,23,29,30). The van der Waals surface area contributed by atoms with Crippen LogP contribution in [0, 0.1) is 0 Å². The van der Waals surface area contributed by atoms with Gasteiger partial charge in [-0.3, -0.25) is 23.7 Å². The second-order valence-electron chi connectivity index (χ2n) is 7.82. The normalized spacial score (nSPS) is 14.6. The quantitative estimate of drug-likeness (QED) is 0.351. The number of carbonyl (C=O) groups is 1. The smallest absolute Gasteiger partial charge is 0.330 e. The number of nitrogen functional groups attached to an aromatic ring is 1. The van der Waals surface area contributed by atoms with Crippen molar-refractivity contribution in [3.05, 3.63) is 44.8 Å². The van der Waals surface area contributed by atoms with E-state index in [0.717, 1.165) is 30.3 Å². The Kier molecular flexibility index (Phi) is 7.14. The summed E-state index contributed by atoms with van der Waals surface area (Å²) in [6, 6.07) is 3.82. The summed E-state index contributed by atoms with van der Waals surface area (Å²) in [6.45, 7) is 0.326. The molecule has 4 rings (SSSR count). The second kappa shape index (κ2) is 10.2. The van der Waals surface area contributed by atoms with Gasteiger partial charge in [-0.15, -0.1) is 10.2 Å². The molecule has 0 radical (unpaired) electrons. The summed E-state index contributed by atoms with van der Waals surface area (Å²) in [6.07, 6.45) is 6.97. The van der Waals surface area contributed by atoms with Crippen LogP contribution in [0.4, 0.5) is 5.82 Å². The van der Waals surface area contributed by atoms with Crippen LogP contribution in [0.1, 0.15) is 48.5 Å². The minimum absolute atomic E-state index is 0.0846. The zero-order valence-corrected chi connectivity index (χ0v) is 19.1. The predicted octanol–water partition coefficient (Wildman–Crippen LogP) is 2.10. The van der Waals surface area contributed by atoms with Crippen molar-refractivity contribution in [3.8, 4) is 11.6 Å². The van der Waals surface area contributed by atoms with Crippen molar-refractivity contribution >= 4 is 23.4 Å². The molecule has 3 N–H and O–H groups in total. The fraction of sp³-hybridized carbons (Fsp3) is 0.476. The number of aromatic nitrogens is 5. The molecule has 3 aromatic heterocycles. The molecular weight excluding hydrogens is 448 g/mol. The van der Waals surface area contributed by atoms with Crippen LogP contribution in [0.15, 0.2) is 37.6 Å². The van der Waals surface area contributed by atoms with E-state index in [2.05, 4.69) is 15.2 Å². The Morgan fingerprint density at radius 1 is 1.30 bits per heavy atom. The number of methoxy groups -OCH3 is 1. The first-order chi connectivity index (χ1) is 16.0. The number of carbonyl (C=O) groups excluding carboxylic acids is 1. The number of nitrogens with two attached hydrogens (primary N) is 1. The van der Waals surface area contributed by atoms with Gasteiger partial charge in [-0.25, -0.2) is 4.79 Å². The minimum Gasteiger partial charge on any atom is -0.461 e. The van der Waals surface area contributed by atoms with Crippen molar-refractivity contribution in [2.24, 2.45) is 0 Å². The van der Waals surface area contributed by atoms with Gasteiger partial charge in [0.2, 0.25) is 5.82 Å². The van der Waals surface area contributed by atoms with Crippen molar-refractivity contribution in [1.29, 1.82) is 0 Å². The Morgan fingerprint density at radius 2 is 2.09 bits per heavy atom. The number of nitrogens with one attached hydrogen (secondary N) is 1. The van der Waals surface area contributed by atoms with Crippen molar-refractivity contribution in [2.45, 2.75) is 49.8 Å². The molecule has 1 fully saturated rings. The Morgan fingerprint density at radius 3 is 2.79 bits per heavy atom. The van der Waals surface area contributed by atoms with Gasteiger partial charge in [0.1, 0.15) is 11.4 Å². The van der Waals surface area contributed by atoms with Crippen LogP contribution in [-0.2, 0) is 11.3 Å². The number of rotatable bonds is 9. The van der Waals surface area contributed by atoms with Crippen molar-refractivity contribution in [1.82, 2.24) is 24.3 Å². The average Bonchev–Trinajstić information content (AvgIpc) is 3.48. The van der Waals surface area contributed by atoms with E-state index in [9.17, 15) is 14.4 Å². The number of ketones is 1. The van der Waals surface area contributed by atoms with Gasteiger partial charge in [-0.1, -0.05) is 31.0 Å². The van der Waals surface area contributed by atoms with Crippen LogP contribution >= 0.6 is 11.8 Å². The Bertz CT molecular complexity index is 1220. The van der Waals surface area contributed by atoms with E-state index in [4.69, 9.17) is 14.9 Å². The molecule has 1 saturated carbocycles. The molecule has 0 bridgehead atoms. The van der Waals surface area contributed by atoms with Crippen LogP contribution in [0.3, 0.4) is 0 Å². The van der Waals surface area contributed by atoms with Crippen LogP contribution < -0.4 is 17.0 Å². The number of anilines is 1. The molecule has 1 aliphatic rings.